The number of rotatable bonds is 5. The van der Waals surface area contributed by atoms with Crippen molar-refractivity contribution in [1.29, 1.82) is 0 Å². The summed E-state index contributed by atoms with van der Waals surface area (Å²) in [7, 11) is 0. The van der Waals surface area contributed by atoms with Gasteiger partial charge in [-0.15, -0.1) is 0 Å². The monoisotopic (exact) mass is 624 g/mol. The van der Waals surface area contributed by atoms with E-state index in [0.717, 1.165) is 24.0 Å². The number of amides is 3. The van der Waals surface area contributed by atoms with Gasteiger partial charge in [0.05, 0.1) is 7.14 Å². The van der Waals surface area contributed by atoms with E-state index >= 15 is 0 Å². The van der Waals surface area contributed by atoms with E-state index in [2.05, 4.69) is 80.8 Å². The number of halogens is 2. The van der Waals surface area contributed by atoms with Crippen molar-refractivity contribution in [1.82, 2.24) is 10.2 Å². The number of hydrogen-bond acceptors (Lipinski definition) is 3. The molecule has 0 spiro atoms. The predicted octanol–water partition coefficient (Wildman–Crippen LogP) is 5.54. The number of hydrogen-bond donors (Lipinski definition) is 1. The number of urea groups is 1. The SMILES string of the molecule is CCN1C(=O)N/C(=C/c2cc(I)c(OCc3ccc4ccccc4c3)c(I)c2)C1=O. The summed E-state index contributed by atoms with van der Waals surface area (Å²) in [6, 6.07) is 18.1. The number of ether oxygens (including phenoxy) is 1. The molecule has 1 saturated heterocycles. The first-order chi connectivity index (χ1) is 14.5. The largest absolute Gasteiger partial charge is 0.487 e. The van der Waals surface area contributed by atoms with Crippen LogP contribution in [0.4, 0.5) is 4.79 Å². The zero-order valence-corrected chi connectivity index (χ0v) is 20.4. The van der Waals surface area contributed by atoms with Gasteiger partial charge in [0.15, 0.2) is 0 Å². The molecule has 0 bridgehead atoms. The summed E-state index contributed by atoms with van der Waals surface area (Å²) >= 11 is 4.47. The molecule has 152 valence electrons. The topological polar surface area (TPSA) is 58.6 Å². The van der Waals surface area contributed by atoms with E-state index in [4.69, 9.17) is 4.74 Å². The summed E-state index contributed by atoms with van der Waals surface area (Å²) in [4.78, 5) is 25.3. The molecule has 1 aliphatic rings. The second kappa shape index (κ2) is 8.93. The fourth-order valence-corrected chi connectivity index (χ4v) is 5.44. The minimum atomic E-state index is -0.381. The molecule has 0 aliphatic carbocycles. The average Bonchev–Trinajstić information content (AvgIpc) is 2.99. The Morgan fingerprint density at radius 3 is 2.37 bits per heavy atom. The summed E-state index contributed by atoms with van der Waals surface area (Å²) in [6.07, 6.45) is 1.70. The number of nitrogens with one attached hydrogen (secondary N) is 1. The number of carbonyl (C=O) groups is 2. The lowest BCUT2D eigenvalue weighted by molar-refractivity contribution is -0.122. The van der Waals surface area contributed by atoms with Gasteiger partial charge in [0.1, 0.15) is 18.1 Å². The number of fused-ring (bicyclic) bond motifs is 1. The van der Waals surface area contributed by atoms with Crippen LogP contribution in [0, 0.1) is 7.14 Å². The zero-order valence-electron chi connectivity index (χ0n) is 16.1. The normalized spacial score (nSPS) is 15.2. The molecule has 5 nitrogen and oxygen atoms in total. The van der Waals surface area contributed by atoms with Crippen molar-refractivity contribution < 1.29 is 14.3 Å². The second-order valence-electron chi connectivity index (χ2n) is 6.82. The van der Waals surface area contributed by atoms with Crippen LogP contribution in [0.2, 0.25) is 0 Å². The highest BCUT2D eigenvalue weighted by Crippen LogP contribution is 2.31. The summed E-state index contributed by atoms with van der Waals surface area (Å²) in [5, 5.41) is 5.03. The Bertz CT molecular complexity index is 1170. The van der Waals surface area contributed by atoms with E-state index in [9.17, 15) is 9.59 Å². The Morgan fingerprint density at radius 2 is 1.70 bits per heavy atom. The van der Waals surface area contributed by atoms with E-state index in [1.807, 2.05) is 24.3 Å². The van der Waals surface area contributed by atoms with E-state index in [1.54, 1.807) is 13.0 Å². The molecule has 30 heavy (non-hydrogen) atoms. The fraction of sp³-hybridized carbons (Fsp3) is 0.130. The summed E-state index contributed by atoms with van der Waals surface area (Å²) in [5.41, 5.74) is 2.23. The van der Waals surface area contributed by atoms with Gasteiger partial charge >= 0.3 is 6.03 Å². The zero-order chi connectivity index (χ0) is 21.3. The van der Waals surface area contributed by atoms with Crippen molar-refractivity contribution in [3.8, 4) is 5.75 Å². The number of imide groups is 1. The van der Waals surface area contributed by atoms with E-state index in [0.29, 0.717) is 18.8 Å². The van der Waals surface area contributed by atoms with Crippen LogP contribution >= 0.6 is 45.2 Å². The van der Waals surface area contributed by atoms with Crippen LogP contribution < -0.4 is 10.1 Å². The Balaban J connectivity index is 1.53. The molecule has 0 radical (unpaired) electrons. The van der Waals surface area contributed by atoms with E-state index in [-0.39, 0.29) is 11.9 Å². The molecule has 7 heteroatoms. The lowest BCUT2D eigenvalue weighted by Crippen LogP contribution is -2.30. The van der Waals surface area contributed by atoms with Gasteiger partial charge in [0.2, 0.25) is 0 Å². The van der Waals surface area contributed by atoms with Gasteiger partial charge in [0, 0.05) is 6.54 Å². The molecular formula is C23H18I2N2O3. The standard InChI is InChI=1S/C23H18I2N2O3/c1-2-27-22(28)20(26-23(27)29)12-15-10-18(24)21(19(25)11-15)30-13-14-7-8-16-5-3-4-6-17(16)9-14/h3-12H,2,13H2,1H3,(H,26,29)/b20-12+. The van der Waals surface area contributed by atoms with Crippen LogP contribution in [0.3, 0.4) is 0 Å². The fourth-order valence-electron chi connectivity index (χ4n) is 3.31. The van der Waals surface area contributed by atoms with Gasteiger partial charge in [-0.25, -0.2) is 4.79 Å². The summed E-state index contributed by atoms with van der Waals surface area (Å²) in [6.45, 7) is 2.59. The molecule has 0 atom stereocenters. The van der Waals surface area contributed by atoms with Gasteiger partial charge in [-0.05, 0) is 98.3 Å². The van der Waals surface area contributed by atoms with E-state index < -0.39 is 0 Å². The lowest BCUT2D eigenvalue weighted by atomic mass is 10.1. The third-order valence-electron chi connectivity index (χ3n) is 4.81. The molecule has 3 aromatic rings. The average molecular weight is 624 g/mol. The molecule has 1 fully saturated rings. The quantitative estimate of drug-likeness (QED) is 0.231. The maximum absolute atomic E-state index is 12.3. The first kappa shape index (κ1) is 21.1. The maximum atomic E-state index is 12.3. The van der Waals surface area contributed by atoms with Crippen molar-refractivity contribution in [2.75, 3.05) is 6.54 Å². The molecule has 1 N–H and O–H groups in total. The van der Waals surface area contributed by atoms with Crippen LogP contribution in [-0.4, -0.2) is 23.4 Å². The number of benzene rings is 3. The molecular weight excluding hydrogens is 606 g/mol. The minimum Gasteiger partial charge on any atom is -0.487 e. The van der Waals surface area contributed by atoms with Crippen molar-refractivity contribution >= 4 is 74.0 Å². The molecule has 0 aromatic heterocycles. The second-order valence-corrected chi connectivity index (χ2v) is 9.15. The molecule has 1 heterocycles. The van der Waals surface area contributed by atoms with Crippen molar-refractivity contribution in [3.63, 3.8) is 0 Å². The van der Waals surface area contributed by atoms with Gasteiger partial charge in [-0.2, -0.15) is 0 Å². The van der Waals surface area contributed by atoms with Crippen molar-refractivity contribution in [2.45, 2.75) is 13.5 Å². The third-order valence-corrected chi connectivity index (χ3v) is 6.41. The number of nitrogens with zero attached hydrogens (tertiary/aromatic N) is 1. The van der Waals surface area contributed by atoms with E-state index in [1.165, 1.54) is 15.7 Å². The van der Waals surface area contributed by atoms with Crippen LogP contribution in [-0.2, 0) is 11.4 Å². The van der Waals surface area contributed by atoms with Crippen LogP contribution in [0.25, 0.3) is 16.8 Å². The molecule has 0 unspecified atom stereocenters. The van der Waals surface area contributed by atoms with Crippen LogP contribution in [0.5, 0.6) is 5.75 Å². The lowest BCUT2D eigenvalue weighted by Gasteiger charge is -2.12. The maximum Gasteiger partial charge on any atom is 0.328 e. The highest BCUT2D eigenvalue weighted by atomic mass is 127. The summed E-state index contributed by atoms with van der Waals surface area (Å²) in [5.74, 6) is 0.507. The third kappa shape index (κ3) is 4.31. The van der Waals surface area contributed by atoms with Gasteiger partial charge in [0.25, 0.3) is 5.91 Å². The Labute approximate surface area is 201 Å². The van der Waals surface area contributed by atoms with Gasteiger partial charge in [-0.3, -0.25) is 9.69 Å². The highest BCUT2D eigenvalue weighted by molar-refractivity contribution is 14.1. The summed E-state index contributed by atoms with van der Waals surface area (Å²) < 4.78 is 8.00. The molecule has 1 aliphatic heterocycles. The Morgan fingerprint density at radius 1 is 1.00 bits per heavy atom. The van der Waals surface area contributed by atoms with Crippen LogP contribution in [0.15, 0.2) is 60.3 Å². The number of likely N-dealkylation sites (N-methyl/N-ethyl adjacent to an activating group) is 1. The molecule has 3 aromatic carbocycles. The van der Waals surface area contributed by atoms with Crippen molar-refractivity contribution in [3.05, 3.63) is 78.6 Å². The van der Waals surface area contributed by atoms with Gasteiger partial charge < -0.3 is 10.1 Å². The Kier molecular flexibility index (Phi) is 6.28. The first-order valence-corrected chi connectivity index (χ1v) is 11.6. The molecule has 0 saturated carbocycles. The first-order valence-electron chi connectivity index (χ1n) is 9.40. The minimum absolute atomic E-state index is 0.290. The van der Waals surface area contributed by atoms with Crippen LogP contribution in [0.1, 0.15) is 18.1 Å². The molecule has 4 rings (SSSR count). The highest BCUT2D eigenvalue weighted by Gasteiger charge is 2.32. The number of carbonyl (C=O) groups excluding carboxylic acids is 2. The molecule has 3 amide bonds. The van der Waals surface area contributed by atoms with Crippen molar-refractivity contribution in [2.24, 2.45) is 0 Å². The van der Waals surface area contributed by atoms with Gasteiger partial charge in [-0.1, -0.05) is 36.4 Å². The smallest absolute Gasteiger partial charge is 0.328 e. The Hall–Kier alpha value is -2.14. The predicted molar refractivity (Wildman–Crippen MR) is 134 cm³/mol.